The third-order valence-corrected chi connectivity index (χ3v) is 2.91. The largest absolute Gasteiger partial charge is 0.384 e. The predicted octanol–water partition coefficient (Wildman–Crippen LogP) is 3.52. The molecule has 1 aromatic rings. The Kier molecular flexibility index (Phi) is 2.58. The maximum absolute atomic E-state index is 3.52. The highest BCUT2D eigenvalue weighted by atomic mass is 14.9. The van der Waals surface area contributed by atoms with E-state index < -0.39 is 0 Å². The van der Waals surface area contributed by atoms with Crippen LogP contribution >= 0.6 is 0 Å². The fourth-order valence-electron chi connectivity index (χ4n) is 1.85. The van der Waals surface area contributed by atoms with E-state index in [1.54, 1.807) is 0 Å². The molecule has 1 nitrogen and oxygen atoms in total. The third kappa shape index (κ3) is 1.67. The summed E-state index contributed by atoms with van der Waals surface area (Å²) >= 11 is 0. The minimum Gasteiger partial charge on any atom is -0.384 e. The summed E-state index contributed by atoms with van der Waals surface area (Å²) in [5.74, 6) is 0. The van der Waals surface area contributed by atoms with E-state index in [0.29, 0.717) is 0 Å². The Hall–Kier alpha value is -1.24. The van der Waals surface area contributed by atoms with Crippen molar-refractivity contribution in [3.05, 3.63) is 34.9 Å². The number of aryl methyl sites for hydroxylation is 1. The lowest BCUT2D eigenvalue weighted by molar-refractivity contribution is 0.886. The van der Waals surface area contributed by atoms with Gasteiger partial charge in [0, 0.05) is 12.2 Å². The number of fused-ring (bicyclic) bond motifs is 1. The van der Waals surface area contributed by atoms with Crippen LogP contribution in [0.5, 0.6) is 0 Å². The van der Waals surface area contributed by atoms with Gasteiger partial charge in [0.25, 0.3) is 0 Å². The summed E-state index contributed by atoms with van der Waals surface area (Å²) in [4.78, 5) is 0. The first kappa shape index (κ1) is 9.32. The van der Waals surface area contributed by atoms with Gasteiger partial charge in [0.05, 0.1) is 0 Å². The summed E-state index contributed by atoms with van der Waals surface area (Å²) in [6.45, 7) is 5.44. The molecule has 0 unspecified atom stereocenters. The van der Waals surface area contributed by atoms with Crippen LogP contribution in [0.2, 0.25) is 0 Å². The highest BCUT2D eigenvalue weighted by molar-refractivity contribution is 5.71. The molecular weight excluding hydrogens is 170 g/mol. The molecule has 0 bridgehead atoms. The Morgan fingerprint density at radius 2 is 2.07 bits per heavy atom. The number of anilines is 1. The lowest BCUT2D eigenvalue weighted by Crippen LogP contribution is -2.06. The van der Waals surface area contributed by atoms with Gasteiger partial charge < -0.3 is 5.32 Å². The van der Waals surface area contributed by atoms with E-state index >= 15 is 0 Å². The van der Waals surface area contributed by atoms with Crippen molar-refractivity contribution in [1.29, 1.82) is 0 Å². The van der Waals surface area contributed by atoms with E-state index in [1.165, 1.54) is 35.2 Å². The van der Waals surface area contributed by atoms with Crippen LogP contribution in [0.4, 0.5) is 5.69 Å². The van der Waals surface area contributed by atoms with Crippen molar-refractivity contribution in [3.8, 4) is 0 Å². The monoisotopic (exact) mass is 187 g/mol. The van der Waals surface area contributed by atoms with E-state index in [4.69, 9.17) is 0 Å². The Bertz CT molecular complexity index is 364. The van der Waals surface area contributed by atoms with Crippen molar-refractivity contribution in [3.63, 3.8) is 0 Å². The third-order valence-electron chi connectivity index (χ3n) is 2.91. The van der Waals surface area contributed by atoms with Gasteiger partial charge >= 0.3 is 0 Å². The van der Waals surface area contributed by atoms with E-state index in [0.717, 1.165) is 6.54 Å². The van der Waals surface area contributed by atoms with Gasteiger partial charge in [-0.25, -0.2) is 0 Å². The molecule has 1 heterocycles. The molecule has 0 radical (unpaired) electrons. The average molecular weight is 187 g/mol. The number of nitrogens with one attached hydrogen (secondary N) is 1. The second kappa shape index (κ2) is 3.87. The first-order valence-electron chi connectivity index (χ1n) is 5.29. The predicted molar refractivity (Wildman–Crippen MR) is 62.7 cm³/mol. The molecule has 1 aromatic carbocycles. The topological polar surface area (TPSA) is 12.0 Å². The maximum atomic E-state index is 3.52. The Morgan fingerprint density at radius 3 is 2.93 bits per heavy atom. The lowest BCUT2D eigenvalue weighted by Gasteiger charge is -2.16. The first-order chi connectivity index (χ1) is 6.79. The van der Waals surface area contributed by atoms with Crippen molar-refractivity contribution >= 4 is 11.8 Å². The van der Waals surface area contributed by atoms with Gasteiger partial charge in [0.1, 0.15) is 0 Å². The minimum atomic E-state index is 1.08. The molecule has 1 aliphatic heterocycles. The van der Waals surface area contributed by atoms with Crippen molar-refractivity contribution in [2.45, 2.75) is 26.7 Å². The van der Waals surface area contributed by atoms with Gasteiger partial charge in [-0.15, -0.1) is 0 Å². The Balaban J connectivity index is 2.50. The second-order valence-electron chi connectivity index (χ2n) is 3.94. The first-order valence-corrected chi connectivity index (χ1v) is 5.29. The number of benzene rings is 1. The molecule has 0 atom stereocenters. The van der Waals surface area contributed by atoms with Gasteiger partial charge in [0.2, 0.25) is 0 Å². The van der Waals surface area contributed by atoms with Crippen molar-refractivity contribution < 1.29 is 0 Å². The molecular formula is C13H17N. The Morgan fingerprint density at radius 1 is 1.21 bits per heavy atom. The summed E-state index contributed by atoms with van der Waals surface area (Å²) in [5.41, 5.74) is 5.40. The van der Waals surface area contributed by atoms with Gasteiger partial charge in [-0.3, -0.25) is 0 Å². The molecule has 1 heteroatoms. The number of hydrogen-bond donors (Lipinski definition) is 1. The normalized spacial score (nSPS) is 15.3. The molecule has 74 valence electrons. The molecule has 0 saturated carbocycles. The highest BCUT2D eigenvalue weighted by Gasteiger charge is 2.06. The molecule has 0 aliphatic carbocycles. The van der Waals surface area contributed by atoms with Crippen LogP contribution in [0.1, 0.15) is 29.5 Å². The van der Waals surface area contributed by atoms with E-state index in [2.05, 4.69) is 43.4 Å². The molecule has 1 N–H and O–H groups in total. The molecule has 14 heavy (non-hydrogen) atoms. The van der Waals surface area contributed by atoms with E-state index in [1.807, 2.05) is 0 Å². The quantitative estimate of drug-likeness (QED) is 0.655. The number of allylic oxidation sites excluding steroid dienone is 1. The van der Waals surface area contributed by atoms with Crippen LogP contribution in [0, 0.1) is 13.8 Å². The SMILES string of the molecule is Cc1ccc2c(c1C)NCCCC=C2. The summed E-state index contributed by atoms with van der Waals surface area (Å²) < 4.78 is 0. The van der Waals surface area contributed by atoms with Gasteiger partial charge in [-0.2, -0.15) is 0 Å². The van der Waals surface area contributed by atoms with Crippen LogP contribution < -0.4 is 5.32 Å². The molecule has 0 amide bonds. The Labute approximate surface area is 85.8 Å². The van der Waals surface area contributed by atoms with E-state index in [9.17, 15) is 0 Å². The molecule has 0 fully saturated rings. The second-order valence-corrected chi connectivity index (χ2v) is 3.94. The molecule has 1 aliphatic rings. The van der Waals surface area contributed by atoms with Crippen LogP contribution in [0.25, 0.3) is 6.08 Å². The van der Waals surface area contributed by atoms with Crippen molar-refractivity contribution in [2.24, 2.45) is 0 Å². The zero-order valence-electron chi connectivity index (χ0n) is 8.93. The van der Waals surface area contributed by atoms with Crippen molar-refractivity contribution in [1.82, 2.24) is 0 Å². The summed E-state index contributed by atoms with van der Waals surface area (Å²) in [6, 6.07) is 4.40. The lowest BCUT2D eigenvalue weighted by atomic mass is 10.0. The van der Waals surface area contributed by atoms with Crippen LogP contribution in [-0.4, -0.2) is 6.54 Å². The number of rotatable bonds is 0. The fraction of sp³-hybridized carbons (Fsp3) is 0.385. The summed E-state index contributed by atoms with van der Waals surface area (Å²) in [7, 11) is 0. The fourth-order valence-corrected chi connectivity index (χ4v) is 1.85. The zero-order chi connectivity index (χ0) is 9.97. The molecule has 0 saturated heterocycles. The number of hydrogen-bond acceptors (Lipinski definition) is 1. The standard InChI is InChI=1S/C13H17N/c1-10-7-8-12-6-4-3-5-9-14-13(12)11(10)2/h4,6-8,14H,3,5,9H2,1-2H3. The van der Waals surface area contributed by atoms with Crippen molar-refractivity contribution in [2.75, 3.05) is 11.9 Å². The molecule has 2 rings (SSSR count). The van der Waals surface area contributed by atoms with Crippen LogP contribution in [-0.2, 0) is 0 Å². The average Bonchev–Trinajstić information content (AvgIpc) is 2.13. The van der Waals surface area contributed by atoms with E-state index in [-0.39, 0.29) is 0 Å². The van der Waals surface area contributed by atoms with Crippen LogP contribution in [0.3, 0.4) is 0 Å². The highest BCUT2D eigenvalue weighted by Crippen LogP contribution is 2.26. The minimum absolute atomic E-state index is 1.08. The maximum Gasteiger partial charge on any atom is 0.0446 e. The summed E-state index contributed by atoms with van der Waals surface area (Å²) in [5, 5.41) is 3.52. The van der Waals surface area contributed by atoms with Gasteiger partial charge in [-0.1, -0.05) is 24.3 Å². The molecule has 0 aromatic heterocycles. The zero-order valence-corrected chi connectivity index (χ0v) is 8.93. The molecule has 0 spiro atoms. The summed E-state index contributed by atoms with van der Waals surface area (Å²) in [6.07, 6.45) is 6.91. The van der Waals surface area contributed by atoms with Gasteiger partial charge in [-0.05, 0) is 43.4 Å². The van der Waals surface area contributed by atoms with Gasteiger partial charge in [0.15, 0.2) is 0 Å². The smallest absolute Gasteiger partial charge is 0.0446 e. The van der Waals surface area contributed by atoms with Crippen LogP contribution in [0.15, 0.2) is 18.2 Å².